The zero-order valence-corrected chi connectivity index (χ0v) is 30.4. The minimum atomic E-state index is -1.51. The molecule has 282 valence electrons. The number of carbonyl (C=O) groups excluding carboxylic acids is 6. The molecule has 5 fully saturated rings. The molecule has 13 heteroatoms. The van der Waals surface area contributed by atoms with Gasteiger partial charge in [0.2, 0.25) is 0 Å². The smallest absolute Gasteiger partial charge is 0.338 e. The Morgan fingerprint density at radius 2 is 1.64 bits per heavy atom. The third-order valence-electron chi connectivity index (χ3n) is 15.2. The number of allylic oxidation sites excluding steroid dienone is 1. The Morgan fingerprint density at radius 1 is 0.925 bits per heavy atom. The summed E-state index contributed by atoms with van der Waals surface area (Å²) < 4.78 is 28.4. The molecule has 0 aromatic heterocycles. The molecule has 0 aromatic rings. The largest absolute Gasteiger partial charge is 0.466 e. The predicted molar refractivity (Wildman–Crippen MR) is 179 cm³/mol. The van der Waals surface area contributed by atoms with Crippen molar-refractivity contribution in [3.05, 3.63) is 45.1 Å². The van der Waals surface area contributed by atoms with E-state index in [2.05, 4.69) is 6.92 Å². The predicted octanol–water partition coefficient (Wildman–Crippen LogP) is 2.38. The van der Waals surface area contributed by atoms with E-state index in [0.29, 0.717) is 18.4 Å². The highest BCUT2D eigenvalue weighted by atomic mass is 16.6. The van der Waals surface area contributed by atoms with E-state index < -0.39 is 88.1 Å². The van der Waals surface area contributed by atoms with Gasteiger partial charge in [-0.2, -0.15) is 0 Å². The Bertz CT molecular complexity index is 1970. The number of carbonyl (C=O) groups is 6. The van der Waals surface area contributed by atoms with Crippen LogP contribution < -0.4 is 0 Å². The highest BCUT2D eigenvalue weighted by Crippen LogP contribution is 2.83. The number of aliphatic hydroxyl groups excluding tert-OH is 1. The molecular weight excluding hydrogens is 688 g/mol. The first-order valence-corrected chi connectivity index (χ1v) is 18.6. The summed E-state index contributed by atoms with van der Waals surface area (Å²) >= 11 is 0. The van der Waals surface area contributed by atoms with Crippen molar-refractivity contribution in [2.24, 2.45) is 52.3 Å². The first-order valence-electron chi connectivity index (χ1n) is 18.6. The van der Waals surface area contributed by atoms with E-state index >= 15 is 0 Å². The van der Waals surface area contributed by atoms with Gasteiger partial charge in [-0.15, -0.1) is 0 Å². The third-order valence-corrected chi connectivity index (χ3v) is 15.2. The molecule has 0 unspecified atom stereocenters. The summed E-state index contributed by atoms with van der Waals surface area (Å²) in [7, 11) is 1.22. The maximum Gasteiger partial charge on any atom is 0.338 e. The number of hydrogen-bond donors (Lipinski definition) is 2. The lowest BCUT2D eigenvalue weighted by Crippen LogP contribution is -2.67. The van der Waals surface area contributed by atoms with Crippen LogP contribution in [0.25, 0.3) is 0 Å². The van der Waals surface area contributed by atoms with Crippen LogP contribution in [0.4, 0.5) is 0 Å². The molecule has 2 N–H and O–H groups in total. The molecule has 0 amide bonds. The molecule has 5 saturated carbocycles. The average Bonchev–Trinajstić information content (AvgIpc) is 4.05. The zero-order chi connectivity index (χ0) is 37.7. The fraction of sp³-hybridized carbons (Fsp3) is 0.650. The summed E-state index contributed by atoms with van der Waals surface area (Å²) in [6, 6.07) is 0. The Hall–Kier alpha value is -4.10. The van der Waals surface area contributed by atoms with Gasteiger partial charge >= 0.3 is 29.8 Å². The number of Topliss-reactive ketones (excluding diaryl/α,β-unsaturated/α-hetero) is 1. The summed E-state index contributed by atoms with van der Waals surface area (Å²) in [5.74, 6) is -6.28. The van der Waals surface area contributed by atoms with Gasteiger partial charge < -0.3 is 33.9 Å². The number of esters is 5. The van der Waals surface area contributed by atoms with Gasteiger partial charge in [0.25, 0.3) is 0 Å². The Kier molecular flexibility index (Phi) is 7.19. The van der Waals surface area contributed by atoms with Crippen LogP contribution in [0.2, 0.25) is 0 Å². The summed E-state index contributed by atoms with van der Waals surface area (Å²) in [4.78, 5) is 80.8. The molecule has 1 spiro atoms. The molecule has 12 atom stereocenters. The van der Waals surface area contributed by atoms with Gasteiger partial charge in [0.15, 0.2) is 5.78 Å². The van der Waals surface area contributed by atoms with Crippen LogP contribution in [0.3, 0.4) is 0 Å². The van der Waals surface area contributed by atoms with Crippen LogP contribution in [0, 0.1) is 52.3 Å². The molecular formula is C40H44O13. The van der Waals surface area contributed by atoms with Crippen LogP contribution in [-0.4, -0.2) is 90.1 Å². The number of ketones is 1. The van der Waals surface area contributed by atoms with Gasteiger partial charge in [0.05, 0.1) is 31.4 Å². The van der Waals surface area contributed by atoms with Gasteiger partial charge in [0, 0.05) is 34.0 Å². The van der Waals surface area contributed by atoms with Gasteiger partial charge in [-0.05, 0) is 85.8 Å². The van der Waals surface area contributed by atoms with Crippen molar-refractivity contribution in [1.29, 1.82) is 0 Å². The lowest BCUT2D eigenvalue weighted by Gasteiger charge is -2.63. The summed E-state index contributed by atoms with van der Waals surface area (Å²) in [6.07, 6.45) is 1.42. The second kappa shape index (κ2) is 11.0. The summed E-state index contributed by atoms with van der Waals surface area (Å²) in [5, 5.41) is 24.6. The van der Waals surface area contributed by atoms with Gasteiger partial charge in [-0.3, -0.25) is 14.4 Å². The maximum atomic E-state index is 14.6. The van der Waals surface area contributed by atoms with E-state index in [1.807, 2.05) is 6.92 Å². The number of hydrogen-bond acceptors (Lipinski definition) is 13. The standard InChI is InChI=1S/C40H44O13/c1-16-8-9-50-27(41)6-7-28(42)51-14-20-22-13-25-37(3,23-12-24(23)39(25,48)15-52-34(16)45)26-11-19-18-10-21(18)38(4)30(19)31(40(22,26)53-36(20)47)29(32(43)33(38)44)17(2)35(46)49-5/h8,18,21,23-26,31,33,44,48H,6-7,9-15H2,1-5H3/b16-8+,29-17+/t18-,21-,23-,24+,25-,26+,31+,33+,37+,38+,39+,40+/m1/s1. The van der Waals surface area contributed by atoms with E-state index in [1.165, 1.54) is 27.0 Å². The number of aliphatic hydroxyl groups is 2. The van der Waals surface area contributed by atoms with Crippen LogP contribution >= 0.6 is 0 Å². The van der Waals surface area contributed by atoms with Gasteiger partial charge in [-0.1, -0.05) is 19.4 Å². The highest BCUT2D eigenvalue weighted by molar-refractivity contribution is 6.09. The Labute approximate surface area is 305 Å². The van der Waals surface area contributed by atoms with Crippen LogP contribution in [0.1, 0.15) is 66.2 Å². The summed E-state index contributed by atoms with van der Waals surface area (Å²) in [5.41, 5.74) is -1.89. The molecule has 2 heterocycles. The lowest BCUT2D eigenvalue weighted by molar-refractivity contribution is -0.191. The molecule has 9 aliphatic rings. The Morgan fingerprint density at radius 3 is 2.36 bits per heavy atom. The van der Waals surface area contributed by atoms with E-state index in [1.54, 1.807) is 0 Å². The number of cyclic esters (lactones) is 3. The molecule has 0 saturated heterocycles. The quantitative estimate of drug-likeness (QED) is 0.173. The molecule has 9 rings (SSSR count). The number of ether oxygens (including phenoxy) is 5. The third kappa shape index (κ3) is 4.21. The SMILES string of the molecule is COC(=O)/C(C)=C1/C(=O)[C@H](O)[C@]2(C)C3=C(C[C@@H]4[C@]5(OC(=O)C6=C5C[C@H]5[C@](O)(COC(=O)/C(C)=C/COC(=O)CCC(=O)OC6)[C@H]6C[C@H]6[C@]45C)[C@H]31)[C@H]1C[C@H]12. The number of fused-ring (bicyclic) bond motifs is 7. The first kappa shape index (κ1) is 34.7. The van der Waals surface area contributed by atoms with Crippen molar-refractivity contribution in [2.45, 2.75) is 83.5 Å². The summed E-state index contributed by atoms with van der Waals surface area (Å²) in [6.45, 7) is 6.06. The maximum absolute atomic E-state index is 14.6. The monoisotopic (exact) mass is 732 g/mol. The molecule has 0 aromatic carbocycles. The van der Waals surface area contributed by atoms with Crippen molar-refractivity contribution in [2.75, 3.05) is 26.9 Å². The van der Waals surface area contributed by atoms with E-state index in [9.17, 15) is 39.0 Å². The van der Waals surface area contributed by atoms with Crippen molar-refractivity contribution < 1.29 is 62.7 Å². The van der Waals surface area contributed by atoms with E-state index in [0.717, 1.165) is 17.6 Å². The van der Waals surface area contributed by atoms with Crippen molar-refractivity contribution in [3.8, 4) is 0 Å². The molecule has 13 nitrogen and oxygen atoms in total. The van der Waals surface area contributed by atoms with E-state index in [-0.39, 0.29) is 78.4 Å². The molecule has 0 radical (unpaired) electrons. The van der Waals surface area contributed by atoms with Crippen LogP contribution in [0.15, 0.2) is 45.1 Å². The molecule has 7 aliphatic carbocycles. The molecule has 53 heavy (non-hydrogen) atoms. The van der Waals surface area contributed by atoms with Crippen molar-refractivity contribution >= 4 is 35.6 Å². The number of methoxy groups -OCH3 is 1. The fourth-order valence-corrected chi connectivity index (χ4v) is 12.7. The average molecular weight is 733 g/mol. The molecule has 2 bridgehead atoms. The fourth-order valence-electron chi connectivity index (χ4n) is 12.7. The van der Waals surface area contributed by atoms with E-state index in [4.69, 9.17) is 23.7 Å². The normalized spacial score (nSPS) is 47.3. The molecule has 2 aliphatic heterocycles. The second-order valence-electron chi connectivity index (χ2n) is 17.2. The number of rotatable bonds is 1. The van der Waals surface area contributed by atoms with Crippen LogP contribution in [-0.2, 0) is 52.5 Å². The second-order valence-corrected chi connectivity index (χ2v) is 17.2. The highest BCUT2D eigenvalue weighted by Gasteiger charge is 2.84. The first-order chi connectivity index (χ1) is 25.1. The Balaban J connectivity index is 1.27. The lowest BCUT2D eigenvalue weighted by atomic mass is 9.42. The van der Waals surface area contributed by atoms with Crippen molar-refractivity contribution in [1.82, 2.24) is 0 Å². The van der Waals surface area contributed by atoms with Crippen molar-refractivity contribution in [3.63, 3.8) is 0 Å². The topological polar surface area (TPSA) is 189 Å². The van der Waals surface area contributed by atoms with Crippen LogP contribution in [0.5, 0.6) is 0 Å². The zero-order valence-electron chi connectivity index (χ0n) is 30.4. The van der Waals surface area contributed by atoms with Gasteiger partial charge in [-0.25, -0.2) is 14.4 Å². The van der Waals surface area contributed by atoms with Gasteiger partial charge in [0.1, 0.15) is 37.1 Å². The minimum Gasteiger partial charge on any atom is -0.466 e. The minimum absolute atomic E-state index is 0.00160.